The van der Waals surface area contributed by atoms with Crippen molar-refractivity contribution >= 4 is 38.9 Å². The van der Waals surface area contributed by atoms with Crippen molar-refractivity contribution in [2.24, 2.45) is 0 Å². The molecule has 0 unspecified atom stereocenters. The second kappa shape index (κ2) is 5.45. The summed E-state index contributed by atoms with van der Waals surface area (Å²) < 4.78 is 1.06. The summed E-state index contributed by atoms with van der Waals surface area (Å²) in [6.07, 6.45) is 0. The number of thiazole rings is 1. The van der Waals surface area contributed by atoms with E-state index in [9.17, 15) is 0 Å². The predicted octanol–water partition coefficient (Wildman–Crippen LogP) is 5.89. The maximum atomic E-state index is 6.01. The van der Waals surface area contributed by atoms with Crippen molar-refractivity contribution in [3.63, 3.8) is 0 Å². The minimum atomic E-state index is 0.733. The molecule has 0 aliphatic rings. The molecule has 4 heteroatoms. The van der Waals surface area contributed by atoms with Gasteiger partial charge in [-0.3, -0.25) is 0 Å². The average Bonchev–Trinajstić information content (AvgIpc) is 2.88. The fourth-order valence-corrected chi connectivity index (χ4v) is 3.22. The second-order valence-electron chi connectivity index (χ2n) is 4.06. The Hall–Kier alpha value is -1.16. The number of hydrogen-bond acceptors (Lipinski definition) is 2. The lowest BCUT2D eigenvalue weighted by Gasteiger charge is -1.98. The molecule has 0 spiro atoms. The largest absolute Gasteiger partial charge is 0.236 e. The van der Waals surface area contributed by atoms with Crippen LogP contribution in [-0.4, -0.2) is 4.98 Å². The van der Waals surface area contributed by atoms with E-state index < -0.39 is 0 Å². The van der Waals surface area contributed by atoms with Crippen LogP contribution in [0.25, 0.3) is 21.8 Å². The van der Waals surface area contributed by atoms with Crippen LogP contribution in [0, 0.1) is 0 Å². The lowest BCUT2D eigenvalue weighted by atomic mass is 10.2. The molecule has 2 aromatic carbocycles. The third kappa shape index (κ3) is 2.89. The molecule has 0 fully saturated rings. The fraction of sp³-hybridized carbons (Fsp3) is 0. The first-order valence-corrected chi connectivity index (χ1v) is 7.75. The molecule has 0 saturated heterocycles. The number of rotatable bonds is 2. The predicted molar refractivity (Wildman–Crippen MR) is 85.7 cm³/mol. The van der Waals surface area contributed by atoms with E-state index in [0.29, 0.717) is 0 Å². The topological polar surface area (TPSA) is 12.9 Å². The summed E-state index contributed by atoms with van der Waals surface area (Å²) in [5, 5.41) is 3.78. The van der Waals surface area contributed by atoms with E-state index in [2.05, 4.69) is 38.4 Å². The van der Waals surface area contributed by atoms with Crippen LogP contribution in [0.2, 0.25) is 5.02 Å². The van der Waals surface area contributed by atoms with Crippen molar-refractivity contribution in [3.8, 4) is 21.8 Å². The first-order valence-electron chi connectivity index (χ1n) is 5.70. The first-order chi connectivity index (χ1) is 9.22. The zero-order valence-electron chi connectivity index (χ0n) is 9.81. The summed E-state index contributed by atoms with van der Waals surface area (Å²) in [6, 6.07) is 15.9. The van der Waals surface area contributed by atoms with Crippen LogP contribution in [0.3, 0.4) is 0 Å². The highest BCUT2D eigenvalue weighted by atomic mass is 79.9. The van der Waals surface area contributed by atoms with Gasteiger partial charge in [0.05, 0.1) is 5.69 Å². The maximum Gasteiger partial charge on any atom is 0.124 e. The summed E-state index contributed by atoms with van der Waals surface area (Å²) in [4.78, 5) is 4.67. The van der Waals surface area contributed by atoms with Gasteiger partial charge in [-0.2, -0.15) is 0 Å². The molecule has 0 aliphatic carbocycles. The van der Waals surface area contributed by atoms with Gasteiger partial charge in [-0.15, -0.1) is 11.3 Å². The highest BCUT2D eigenvalue weighted by molar-refractivity contribution is 9.10. The van der Waals surface area contributed by atoms with E-state index in [1.165, 1.54) is 0 Å². The molecule has 0 atom stereocenters. The lowest BCUT2D eigenvalue weighted by Crippen LogP contribution is -1.79. The Bertz CT molecular complexity index is 663. The van der Waals surface area contributed by atoms with E-state index in [1.54, 1.807) is 11.3 Å². The minimum absolute atomic E-state index is 0.733. The van der Waals surface area contributed by atoms with Crippen LogP contribution in [0.5, 0.6) is 0 Å². The number of hydrogen-bond donors (Lipinski definition) is 0. The standard InChI is InChI=1S/C15H9BrClNS/c16-12-5-1-3-10(7-12)14-9-19-15(18-14)11-4-2-6-13(17)8-11/h1-9H. The van der Waals surface area contributed by atoms with Crippen LogP contribution in [-0.2, 0) is 0 Å². The van der Waals surface area contributed by atoms with E-state index in [4.69, 9.17) is 11.6 Å². The van der Waals surface area contributed by atoms with Gasteiger partial charge in [0, 0.05) is 26.0 Å². The quantitative estimate of drug-likeness (QED) is 0.561. The Morgan fingerprint density at radius 1 is 1.00 bits per heavy atom. The summed E-state index contributed by atoms with van der Waals surface area (Å²) >= 11 is 11.1. The normalized spacial score (nSPS) is 10.6. The molecule has 0 N–H and O–H groups in total. The minimum Gasteiger partial charge on any atom is -0.236 e. The average molecular weight is 351 g/mol. The van der Waals surface area contributed by atoms with E-state index >= 15 is 0 Å². The van der Waals surface area contributed by atoms with Crippen molar-refractivity contribution in [1.29, 1.82) is 0 Å². The number of benzene rings is 2. The zero-order valence-corrected chi connectivity index (χ0v) is 13.0. The zero-order chi connectivity index (χ0) is 13.2. The summed E-state index contributed by atoms with van der Waals surface area (Å²) in [7, 11) is 0. The van der Waals surface area contributed by atoms with E-state index in [0.717, 1.165) is 31.3 Å². The molecule has 3 rings (SSSR count). The molecule has 0 bridgehead atoms. The van der Waals surface area contributed by atoms with Gasteiger partial charge < -0.3 is 0 Å². The lowest BCUT2D eigenvalue weighted by molar-refractivity contribution is 1.40. The monoisotopic (exact) mass is 349 g/mol. The van der Waals surface area contributed by atoms with Crippen molar-refractivity contribution in [1.82, 2.24) is 4.98 Å². The van der Waals surface area contributed by atoms with Gasteiger partial charge in [0.25, 0.3) is 0 Å². The summed E-state index contributed by atoms with van der Waals surface area (Å²) in [5.74, 6) is 0. The second-order valence-corrected chi connectivity index (χ2v) is 6.27. The maximum absolute atomic E-state index is 6.01. The summed E-state index contributed by atoms with van der Waals surface area (Å²) in [6.45, 7) is 0. The molecule has 0 radical (unpaired) electrons. The van der Waals surface area contributed by atoms with Crippen molar-refractivity contribution in [2.45, 2.75) is 0 Å². The Balaban J connectivity index is 2.00. The number of nitrogens with zero attached hydrogens (tertiary/aromatic N) is 1. The third-order valence-electron chi connectivity index (χ3n) is 2.70. The molecule has 0 aliphatic heterocycles. The highest BCUT2D eigenvalue weighted by Crippen LogP contribution is 2.30. The molecule has 1 nitrogen and oxygen atoms in total. The van der Waals surface area contributed by atoms with E-state index in [1.807, 2.05) is 36.4 Å². The summed E-state index contributed by atoms with van der Waals surface area (Å²) in [5.41, 5.74) is 3.15. The van der Waals surface area contributed by atoms with Crippen molar-refractivity contribution in [3.05, 3.63) is 63.4 Å². The molecule has 0 amide bonds. The Morgan fingerprint density at radius 3 is 2.58 bits per heavy atom. The van der Waals surface area contributed by atoms with Gasteiger partial charge in [-0.25, -0.2) is 4.98 Å². The molecule has 1 aromatic heterocycles. The van der Waals surface area contributed by atoms with Gasteiger partial charge >= 0.3 is 0 Å². The van der Waals surface area contributed by atoms with Crippen LogP contribution in [0.1, 0.15) is 0 Å². The van der Waals surface area contributed by atoms with Crippen LogP contribution < -0.4 is 0 Å². The van der Waals surface area contributed by atoms with Gasteiger partial charge in [-0.05, 0) is 24.3 Å². The Labute approximate surface area is 129 Å². The van der Waals surface area contributed by atoms with Gasteiger partial charge in [0.1, 0.15) is 5.01 Å². The molecule has 94 valence electrons. The van der Waals surface area contributed by atoms with Crippen molar-refractivity contribution < 1.29 is 0 Å². The molecule has 19 heavy (non-hydrogen) atoms. The number of aromatic nitrogens is 1. The molecule has 1 heterocycles. The highest BCUT2D eigenvalue weighted by Gasteiger charge is 2.07. The smallest absolute Gasteiger partial charge is 0.124 e. The van der Waals surface area contributed by atoms with Gasteiger partial charge in [-0.1, -0.05) is 51.8 Å². The molecular weight excluding hydrogens is 342 g/mol. The fourth-order valence-electron chi connectivity index (χ4n) is 1.81. The van der Waals surface area contributed by atoms with Crippen LogP contribution in [0.15, 0.2) is 58.4 Å². The SMILES string of the molecule is Clc1cccc(-c2nc(-c3cccc(Br)c3)cs2)c1. The third-order valence-corrected chi connectivity index (χ3v) is 4.32. The van der Waals surface area contributed by atoms with Gasteiger partial charge in [0.15, 0.2) is 0 Å². The van der Waals surface area contributed by atoms with Crippen LogP contribution >= 0.6 is 38.9 Å². The number of halogens is 2. The van der Waals surface area contributed by atoms with E-state index in [-0.39, 0.29) is 0 Å². The first kappa shape index (κ1) is 12.9. The van der Waals surface area contributed by atoms with Crippen LogP contribution in [0.4, 0.5) is 0 Å². The van der Waals surface area contributed by atoms with Crippen molar-refractivity contribution in [2.75, 3.05) is 0 Å². The Kier molecular flexibility index (Phi) is 3.69. The molecule has 3 aromatic rings. The molecule has 0 saturated carbocycles. The Morgan fingerprint density at radius 2 is 1.79 bits per heavy atom. The molecular formula is C15H9BrClNS. The van der Waals surface area contributed by atoms with Gasteiger partial charge in [0.2, 0.25) is 0 Å².